The number of hydrogen-bond acceptors (Lipinski definition) is 3. The van der Waals surface area contributed by atoms with Crippen LogP contribution in [0.1, 0.15) is 28.7 Å². The van der Waals surface area contributed by atoms with E-state index in [0.29, 0.717) is 19.6 Å². The first-order valence-electron chi connectivity index (χ1n) is 10.4. The first-order valence-corrected chi connectivity index (χ1v) is 10.4. The van der Waals surface area contributed by atoms with E-state index in [1.54, 1.807) is 0 Å². The van der Waals surface area contributed by atoms with Crippen molar-refractivity contribution in [1.29, 1.82) is 0 Å². The van der Waals surface area contributed by atoms with Crippen molar-refractivity contribution in [2.45, 2.75) is 31.4 Å². The normalized spacial score (nSPS) is 17.9. The molecule has 0 saturated heterocycles. The Morgan fingerprint density at radius 2 is 1.73 bits per heavy atom. The van der Waals surface area contributed by atoms with Crippen molar-refractivity contribution < 1.29 is 31.4 Å². The molecule has 0 radical (unpaired) electrons. The Balaban J connectivity index is 1.59. The highest BCUT2D eigenvalue weighted by molar-refractivity contribution is 5.65. The molecule has 0 aliphatic carbocycles. The third-order valence-corrected chi connectivity index (χ3v) is 5.74. The molecule has 8 heteroatoms. The van der Waals surface area contributed by atoms with Crippen LogP contribution >= 0.6 is 0 Å². The van der Waals surface area contributed by atoms with Crippen LogP contribution in [0.4, 0.5) is 22.0 Å². The van der Waals surface area contributed by atoms with E-state index in [-0.39, 0.29) is 29.9 Å². The second-order valence-corrected chi connectivity index (χ2v) is 8.02. The molecule has 0 fully saturated rings. The molecule has 3 nitrogen and oxygen atoms in total. The Labute approximate surface area is 187 Å². The van der Waals surface area contributed by atoms with Gasteiger partial charge in [-0.2, -0.15) is 13.2 Å². The number of benzene rings is 3. The Morgan fingerprint density at radius 3 is 2.45 bits per heavy atom. The van der Waals surface area contributed by atoms with Crippen molar-refractivity contribution in [3.05, 3.63) is 94.6 Å². The Hall–Kier alpha value is -2.81. The highest BCUT2D eigenvalue weighted by Gasteiger charge is 2.39. The maximum atomic E-state index is 13.7. The van der Waals surface area contributed by atoms with Crippen LogP contribution in [0.5, 0.6) is 0 Å². The van der Waals surface area contributed by atoms with E-state index in [0.717, 1.165) is 35.4 Å². The van der Waals surface area contributed by atoms with Crippen LogP contribution in [0, 0.1) is 11.6 Å². The van der Waals surface area contributed by atoms with Crippen LogP contribution in [-0.2, 0) is 34.5 Å². The third-order valence-electron chi connectivity index (χ3n) is 5.74. The monoisotopic (exact) mass is 463 g/mol. The molecule has 2 N–H and O–H groups in total. The molecule has 1 atom stereocenters. The van der Waals surface area contributed by atoms with Crippen LogP contribution in [0.3, 0.4) is 0 Å². The smallest absolute Gasteiger partial charge is 0.373 e. The van der Waals surface area contributed by atoms with Crippen molar-refractivity contribution in [2.24, 2.45) is 5.73 Å². The molecule has 1 aliphatic rings. The van der Waals surface area contributed by atoms with E-state index < -0.39 is 29.0 Å². The van der Waals surface area contributed by atoms with Gasteiger partial charge in [0.1, 0.15) is 5.60 Å². The summed E-state index contributed by atoms with van der Waals surface area (Å²) in [6.45, 7) is 0.737. The molecule has 4 rings (SSSR count). The number of nitrogens with two attached hydrogens (primary N) is 1. The minimum absolute atomic E-state index is 0.109. The Morgan fingerprint density at radius 1 is 0.939 bits per heavy atom. The number of halogens is 5. The van der Waals surface area contributed by atoms with E-state index in [4.69, 9.17) is 15.2 Å². The largest absolute Gasteiger partial charge is 0.416 e. The fourth-order valence-electron chi connectivity index (χ4n) is 4.13. The second-order valence-electron chi connectivity index (χ2n) is 8.02. The van der Waals surface area contributed by atoms with E-state index in [1.165, 1.54) is 12.1 Å². The standard InChI is InChI=1S/C25H22F5NO2/c26-22-6-5-17(12-23(22)27)19-9-16(10-20(11-19)25(28,29)30)13-32-15-24(7-8-31)21-4-2-1-3-18(21)14-33-24/h1-6,9-12H,7-8,13-15,31H2. The summed E-state index contributed by atoms with van der Waals surface area (Å²) in [5.74, 6) is -2.21. The van der Waals surface area contributed by atoms with Gasteiger partial charge in [-0.1, -0.05) is 30.3 Å². The summed E-state index contributed by atoms with van der Waals surface area (Å²) in [6, 6.07) is 14.0. The Bertz CT molecular complexity index is 1140. The van der Waals surface area contributed by atoms with Gasteiger partial charge in [-0.05, 0) is 71.1 Å². The molecule has 0 bridgehead atoms. The van der Waals surface area contributed by atoms with E-state index in [1.807, 2.05) is 24.3 Å². The molecular formula is C25H22F5NO2. The molecule has 1 aliphatic heterocycles. The van der Waals surface area contributed by atoms with Gasteiger partial charge in [0.05, 0.1) is 25.4 Å². The predicted octanol–water partition coefficient (Wildman–Crippen LogP) is 5.94. The first kappa shape index (κ1) is 23.4. The third kappa shape index (κ3) is 4.93. The average Bonchev–Trinajstić information content (AvgIpc) is 3.14. The van der Waals surface area contributed by atoms with Gasteiger partial charge in [0, 0.05) is 0 Å². The van der Waals surface area contributed by atoms with E-state index >= 15 is 0 Å². The van der Waals surface area contributed by atoms with E-state index in [9.17, 15) is 22.0 Å². The van der Waals surface area contributed by atoms with Gasteiger partial charge in [0.25, 0.3) is 0 Å². The van der Waals surface area contributed by atoms with Gasteiger partial charge in [0.2, 0.25) is 0 Å². The lowest BCUT2D eigenvalue weighted by Crippen LogP contribution is -2.34. The number of fused-ring (bicyclic) bond motifs is 1. The molecule has 0 aromatic heterocycles. The quantitative estimate of drug-likeness (QED) is 0.441. The van der Waals surface area contributed by atoms with Crippen LogP contribution < -0.4 is 5.73 Å². The zero-order chi connectivity index (χ0) is 23.6. The van der Waals surface area contributed by atoms with Crippen molar-refractivity contribution in [3.8, 4) is 11.1 Å². The molecule has 3 aromatic carbocycles. The van der Waals surface area contributed by atoms with Crippen molar-refractivity contribution >= 4 is 0 Å². The number of rotatable bonds is 7. The summed E-state index contributed by atoms with van der Waals surface area (Å²) in [5.41, 5.74) is 6.60. The fourth-order valence-corrected chi connectivity index (χ4v) is 4.13. The van der Waals surface area contributed by atoms with E-state index in [2.05, 4.69) is 0 Å². The summed E-state index contributed by atoms with van der Waals surface area (Å²) >= 11 is 0. The highest BCUT2D eigenvalue weighted by atomic mass is 19.4. The van der Waals surface area contributed by atoms with Crippen LogP contribution in [0.2, 0.25) is 0 Å². The molecule has 0 amide bonds. The van der Waals surface area contributed by atoms with Crippen molar-refractivity contribution in [1.82, 2.24) is 0 Å². The maximum Gasteiger partial charge on any atom is 0.416 e. The second kappa shape index (κ2) is 9.21. The molecule has 174 valence electrons. The molecule has 33 heavy (non-hydrogen) atoms. The van der Waals surface area contributed by atoms with Gasteiger partial charge in [-0.25, -0.2) is 8.78 Å². The topological polar surface area (TPSA) is 44.5 Å². The highest BCUT2D eigenvalue weighted by Crippen LogP contribution is 2.40. The predicted molar refractivity (Wildman–Crippen MR) is 113 cm³/mol. The number of ether oxygens (including phenoxy) is 2. The van der Waals surface area contributed by atoms with Gasteiger partial charge >= 0.3 is 6.18 Å². The van der Waals surface area contributed by atoms with Gasteiger partial charge in [-0.15, -0.1) is 0 Å². The lowest BCUT2D eigenvalue weighted by Gasteiger charge is -2.29. The lowest BCUT2D eigenvalue weighted by molar-refractivity contribution is -0.137. The SMILES string of the molecule is NCCC1(COCc2cc(-c3ccc(F)c(F)c3)cc(C(F)(F)F)c2)OCc2ccccc21. The van der Waals surface area contributed by atoms with Crippen LogP contribution in [0.25, 0.3) is 11.1 Å². The summed E-state index contributed by atoms with van der Waals surface area (Å²) < 4.78 is 79.3. The van der Waals surface area contributed by atoms with Gasteiger partial charge in [-0.3, -0.25) is 0 Å². The average molecular weight is 463 g/mol. The zero-order valence-electron chi connectivity index (χ0n) is 17.6. The van der Waals surface area contributed by atoms with Crippen molar-refractivity contribution in [3.63, 3.8) is 0 Å². The Kier molecular flexibility index (Phi) is 6.52. The minimum Gasteiger partial charge on any atom is -0.373 e. The molecule has 1 unspecified atom stereocenters. The summed E-state index contributed by atoms with van der Waals surface area (Å²) in [5, 5.41) is 0. The van der Waals surface area contributed by atoms with Crippen LogP contribution in [0.15, 0.2) is 60.7 Å². The number of alkyl halides is 3. The molecule has 1 heterocycles. The van der Waals surface area contributed by atoms with Crippen LogP contribution in [-0.4, -0.2) is 13.2 Å². The molecule has 0 spiro atoms. The minimum atomic E-state index is -4.61. The first-order chi connectivity index (χ1) is 15.7. The zero-order valence-corrected chi connectivity index (χ0v) is 17.6. The van der Waals surface area contributed by atoms with Crippen molar-refractivity contribution in [2.75, 3.05) is 13.2 Å². The summed E-state index contributed by atoms with van der Waals surface area (Å²) in [6.07, 6.45) is -4.12. The lowest BCUT2D eigenvalue weighted by atomic mass is 9.90. The maximum absolute atomic E-state index is 13.7. The van der Waals surface area contributed by atoms with Gasteiger partial charge < -0.3 is 15.2 Å². The molecule has 3 aromatic rings. The molecule has 0 saturated carbocycles. The van der Waals surface area contributed by atoms with Gasteiger partial charge in [0.15, 0.2) is 11.6 Å². The molecular weight excluding hydrogens is 441 g/mol. The fraction of sp³-hybridized carbons (Fsp3) is 0.280. The number of hydrogen-bond donors (Lipinski definition) is 1. The summed E-state index contributed by atoms with van der Waals surface area (Å²) in [7, 11) is 0. The summed E-state index contributed by atoms with van der Waals surface area (Å²) in [4.78, 5) is 0.